The third kappa shape index (κ3) is 5.77. The highest BCUT2D eigenvalue weighted by Gasteiger charge is 2.15. The predicted molar refractivity (Wildman–Crippen MR) is 126 cm³/mol. The van der Waals surface area contributed by atoms with Gasteiger partial charge in [-0.1, -0.05) is 5.10 Å². The number of carbonyl (C=O) groups is 1. The van der Waals surface area contributed by atoms with E-state index in [9.17, 15) is 4.79 Å². The highest BCUT2D eigenvalue weighted by Crippen LogP contribution is 2.38. The van der Waals surface area contributed by atoms with Crippen LogP contribution in [0.25, 0.3) is 17.5 Å². The number of rotatable bonds is 11. The second-order valence-electron chi connectivity index (χ2n) is 6.72. The number of aromatic nitrogens is 2. The summed E-state index contributed by atoms with van der Waals surface area (Å²) in [6, 6.07) is 8.69. The number of hydrogen-bond donors (Lipinski definition) is 1. The van der Waals surface area contributed by atoms with E-state index >= 15 is 0 Å². The first-order valence-electron chi connectivity index (χ1n) is 10.5. The highest BCUT2D eigenvalue weighted by atomic mass is 16.5. The van der Waals surface area contributed by atoms with E-state index in [4.69, 9.17) is 28.1 Å². The largest absolute Gasteiger partial charge is 0.493 e. The van der Waals surface area contributed by atoms with Crippen LogP contribution in [0.15, 0.2) is 40.8 Å². The third-order valence-corrected chi connectivity index (χ3v) is 4.56. The lowest BCUT2D eigenvalue weighted by atomic mass is 10.1. The molecular weight excluding hydrogens is 442 g/mol. The maximum atomic E-state index is 12.4. The summed E-state index contributed by atoms with van der Waals surface area (Å²) >= 11 is 0. The van der Waals surface area contributed by atoms with Gasteiger partial charge in [-0.2, -0.15) is 0 Å². The van der Waals surface area contributed by atoms with Gasteiger partial charge >= 0.3 is 6.01 Å². The lowest BCUT2D eigenvalue weighted by molar-refractivity contribution is -0.112. The minimum absolute atomic E-state index is 0.0404. The summed E-state index contributed by atoms with van der Waals surface area (Å²) in [5.74, 6) is 2.39. The van der Waals surface area contributed by atoms with Crippen LogP contribution in [0.5, 0.6) is 28.7 Å². The third-order valence-electron chi connectivity index (χ3n) is 4.56. The molecule has 1 amide bonds. The summed E-state index contributed by atoms with van der Waals surface area (Å²) in [7, 11) is 4.56. The maximum absolute atomic E-state index is 12.4. The van der Waals surface area contributed by atoms with Crippen molar-refractivity contribution in [1.82, 2.24) is 10.2 Å². The second-order valence-corrected chi connectivity index (χ2v) is 6.72. The number of anilines is 1. The van der Waals surface area contributed by atoms with Crippen LogP contribution >= 0.6 is 0 Å². The monoisotopic (exact) mass is 469 g/mol. The molecule has 1 aromatic heterocycles. The molecule has 0 unspecified atom stereocenters. The number of nitrogens with zero attached hydrogens (tertiary/aromatic N) is 2. The summed E-state index contributed by atoms with van der Waals surface area (Å²) < 4.78 is 32.7. The van der Waals surface area contributed by atoms with Gasteiger partial charge in [-0.15, -0.1) is 5.10 Å². The Hall–Kier alpha value is -4.21. The predicted octanol–water partition coefficient (Wildman–Crippen LogP) is 4.21. The van der Waals surface area contributed by atoms with Crippen LogP contribution in [0.2, 0.25) is 0 Å². The molecule has 180 valence electrons. The first kappa shape index (κ1) is 24.4. The van der Waals surface area contributed by atoms with E-state index < -0.39 is 5.91 Å². The van der Waals surface area contributed by atoms with Gasteiger partial charge in [0.2, 0.25) is 11.6 Å². The van der Waals surface area contributed by atoms with E-state index in [0.717, 1.165) is 0 Å². The molecule has 1 heterocycles. The fraction of sp³-hybridized carbons (Fsp3) is 0.292. The van der Waals surface area contributed by atoms with E-state index in [2.05, 4.69) is 15.5 Å². The zero-order valence-corrected chi connectivity index (χ0v) is 19.7. The van der Waals surface area contributed by atoms with Gasteiger partial charge in [-0.05, 0) is 55.8 Å². The Kier molecular flexibility index (Phi) is 8.33. The summed E-state index contributed by atoms with van der Waals surface area (Å²) in [5, 5.41) is 10.4. The van der Waals surface area contributed by atoms with E-state index in [1.165, 1.54) is 27.4 Å². The zero-order valence-electron chi connectivity index (χ0n) is 19.7. The first-order chi connectivity index (χ1) is 16.5. The van der Waals surface area contributed by atoms with Gasteiger partial charge in [0.15, 0.2) is 23.0 Å². The Morgan fingerprint density at radius 1 is 0.912 bits per heavy atom. The Morgan fingerprint density at radius 3 is 2.21 bits per heavy atom. The zero-order chi connectivity index (χ0) is 24.5. The molecule has 0 saturated carbocycles. The van der Waals surface area contributed by atoms with Crippen molar-refractivity contribution in [3.8, 4) is 40.2 Å². The normalized spacial score (nSPS) is 10.7. The van der Waals surface area contributed by atoms with Crippen LogP contribution in [-0.2, 0) is 4.79 Å². The van der Waals surface area contributed by atoms with Crippen molar-refractivity contribution in [2.24, 2.45) is 0 Å². The number of amides is 1. The molecule has 2 aromatic carbocycles. The van der Waals surface area contributed by atoms with E-state index in [-0.39, 0.29) is 11.9 Å². The Bertz CT molecular complexity index is 1130. The fourth-order valence-electron chi connectivity index (χ4n) is 3.09. The number of methoxy groups -OCH3 is 3. The average Bonchev–Trinajstić information content (AvgIpc) is 3.31. The number of nitrogens with one attached hydrogen (secondary N) is 1. The first-order valence-corrected chi connectivity index (χ1v) is 10.5. The molecule has 10 heteroatoms. The van der Waals surface area contributed by atoms with Crippen molar-refractivity contribution in [3.63, 3.8) is 0 Å². The molecule has 3 rings (SSSR count). The molecule has 10 nitrogen and oxygen atoms in total. The minimum atomic E-state index is -0.453. The summed E-state index contributed by atoms with van der Waals surface area (Å²) in [6.07, 6.45) is 2.92. The van der Waals surface area contributed by atoms with Gasteiger partial charge < -0.3 is 28.1 Å². The smallest absolute Gasteiger partial charge is 0.322 e. The molecule has 0 aliphatic rings. The molecule has 0 aliphatic heterocycles. The van der Waals surface area contributed by atoms with Gasteiger partial charge in [0.05, 0.1) is 34.5 Å². The van der Waals surface area contributed by atoms with Crippen LogP contribution in [-0.4, -0.2) is 50.6 Å². The van der Waals surface area contributed by atoms with Crippen molar-refractivity contribution >= 4 is 18.0 Å². The second kappa shape index (κ2) is 11.6. The fourth-order valence-corrected chi connectivity index (χ4v) is 3.09. The average molecular weight is 469 g/mol. The number of benzene rings is 2. The molecule has 0 saturated heterocycles. The van der Waals surface area contributed by atoms with Crippen LogP contribution in [0.4, 0.5) is 6.01 Å². The highest BCUT2D eigenvalue weighted by molar-refractivity contribution is 6.00. The van der Waals surface area contributed by atoms with Crippen molar-refractivity contribution in [2.75, 3.05) is 39.9 Å². The van der Waals surface area contributed by atoms with Gasteiger partial charge in [0.25, 0.3) is 5.91 Å². The van der Waals surface area contributed by atoms with Gasteiger partial charge in [0, 0.05) is 11.6 Å². The van der Waals surface area contributed by atoms with Crippen LogP contribution < -0.4 is 29.0 Å². The molecule has 0 spiro atoms. The van der Waals surface area contributed by atoms with Crippen LogP contribution in [0, 0.1) is 0 Å². The molecule has 1 N–H and O–H groups in total. The van der Waals surface area contributed by atoms with Crippen LogP contribution in [0.3, 0.4) is 0 Å². The molecule has 0 fully saturated rings. The lowest BCUT2D eigenvalue weighted by Crippen LogP contribution is -2.07. The molecular formula is C24H27N3O7. The number of ether oxygens (including phenoxy) is 5. The molecule has 0 aliphatic carbocycles. The minimum Gasteiger partial charge on any atom is -0.493 e. The van der Waals surface area contributed by atoms with Crippen molar-refractivity contribution < 1.29 is 32.9 Å². The molecule has 0 bridgehead atoms. The lowest BCUT2D eigenvalue weighted by Gasteiger charge is -2.12. The van der Waals surface area contributed by atoms with Gasteiger partial charge in [0.1, 0.15) is 0 Å². The number of carbonyl (C=O) groups excluding carboxylic acids is 1. The Labute approximate surface area is 197 Å². The quantitative estimate of drug-likeness (QED) is 0.412. The SMILES string of the molecule is CCOc1ccc(-c2nnc(NC(=O)/C=C/c3cc(OC)c(OC)c(OC)c3)o2)cc1OCC. The van der Waals surface area contributed by atoms with Crippen molar-refractivity contribution in [1.29, 1.82) is 0 Å². The van der Waals surface area contributed by atoms with E-state index in [1.54, 1.807) is 36.4 Å². The molecule has 34 heavy (non-hydrogen) atoms. The summed E-state index contributed by atoms with van der Waals surface area (Å²) in [4.78, 5) is 12.4. The van der Waals surface area contributed by atoms with E-state index in [1.807, 2.05) is 13.8 Å². The maximum Gasteiger partial charge on any atom is 0.322 e. The molecule has 3 aromatic rings. The molecule has 0 radical (unpaired) electrons. The Morgan fingerprint density at radius 2 is 1.59 bits per heavy atom. The number of hydrogen-bond acceptors (Lipinski definition) is 9. The van der Waals surface area contributed by atoms with Gasteiger partial charge in [-0.3, -0.25) is 10.1 Å². The molecule has 0 atom stereocenters. The summed E-state index contributed by atoms with van der Waals surface area (Å²) in [6.45, 7) is 4.77. The summed E-state index contributed by atoms with van der Waals surface area (Å²) in [5.41, 5.74) is 1.31. The standard InChI is InChI=1S/C24H27N3O7/c1-6-32-17-10-9-16(14-18(17)33-7-2)23-26-27-24(34-23)25-21(28)11-8-15-12-19(29-3)22(31-5)20(13-15)30-4/h8-14H,6-7H2,1-5H3,(H,25,27,28)/b11-8+. The topological polar surface area (TPSA) is 114 Å². The van der Waals surface area contributed by atoms with Gasteiger partial charge in [-0.25, -0.2) is 0 Å². The van der Waals surface area contributed by atoms with Crippen LogP contribution in [0.1, 0.15) is 19.4 Å². The van der Waals surface area contributed by atoms with Crippen molar-refractivity contribution in [2.45, 2.75) is 13.8 Å². The Balaban J connectivity index is 1.73. The van der Waals surface area contributed by atoms with E-state index in [0.29, 0.717) is 53.1 Å². The van der Waals surface area contributed by atoms with Crippen molar-refractivity contribution in [3.05, 3.63) is 42.0 Å².